The normalized spacial score (nSPS) is 13.8. The molecule has 0 saturated carbocycles. The number of aromatic nitrogens is 1. The molecule has 0 bridgehead atoms. The maximum atomic E-state index is 12.9. The molecule has 33 heavy (non-hydrogen) atoms. The van der Waals surface area contributed by atoms with Crippen LogP contribution in [-0.2, 0) is 9.53 Å². The van der Waals surface area contributed by atoms with Gasteiger partial charge in [0.2, 0.25) is 0 Å². The van der Waals surface area contributed by atoms with Crippen molar-refractivity contribution in [1.82, 2.24) is 9.88 Å². The van der Waals surface area contributed by atoms with Gasteiger partial charge in [0.1, 0.15) is 5.01 Å². The summed E-state index contributed by atoms with van der Waals surface area (Å²) in [5, 5.41) is 0.757. The zero-order chi connectivity index (χ0) is 22.6. The number of fused-ring (bicyclic) bond motifs is 1. The van der Waals surface area contributed by atoms with E-state index in [2.05, 4.69) is 22.0 Å². The van der Waals surface area contributed by atoms with Gasteiger partial charge in [0.05, 0.1) is 15.8 Å². The summed E-state index contributed by atoms with van der Waals surface area (Å²) in [5.41, 5.74) is 3.18. The minimum Gasteiger partial charge on any atom is -0.452 e. The summed E-state index contributed by atoms with van der Waals surface area (Å²) < 4.78 is 6.48. The molecule has 0 N–H and O–H groups in total. The third-order valence-corrected chi connectivity index (χ3v) is 6.82. The number of piperazine rings is 1. The standard InChI is InChI=1S/C26H23N3O3S/c30-24(29-16-14-28(15-17-29)19-8-2-1-3-9-19)18-32-26(31)21-11-5-4-10-20(21)25-27-22-12-6-7-13-23(22)33-25/h1-13H,14-18H2. The first-order chi connectivity index (χ1) is 16.2. The molecule has 1 aliphatic heterocycles. The highest BCUT2D eigenvalue weighted by molar-refractivity contribution is 7.21. The Morgan fingerprint density at radius 3 is 2.33 bits per heavy atom. The number of anilines is 1. The third kappa shape index (κ3) is 4.59. The molecule has 166 valence electrons. The number of carbonyl (C=O) groups is 2. The molecule has 1 amide bonds. The molecule has 1 aliphatic rings. The predicted molar refractivity (Wildman–Crippen MR) is 131 cm³/mol. The first-order valence-electron chi connectivity index (χ1n) is 10.9. The lowest BCUT2D eigenvalue weighted by atomic mass is 10.1. The Morgan fingerprint density at radius 1 is 0.848 bits per heavy atom. The number of rotatable bonds is 5. The van der Waals surface area contributed by atoms with Gasteiger partial charge in [-0.05, 0) is 30.3 Å². The average Bonchev–Trinajstić information content (AvgIpc) is 3.32. The highest BCUT2D eigenvalue weighted by atomic mass is 32.1. The second-order valence-corrected chi connectivity index (χ2v) is 8.84. The Morgan fingerprint density at radius 2 is 1.55 bits per heavy atom. The van der Waals surface area contributed by atoms with Crippen LogP contribution in [0.3, 0.4) is 0 Å². The van der Waals surface area contributed by atoms with Crippen LogP contribution in [-0.4, -0.2) is 54.5 Å². The number of amides is 1. The van der Waals surface area contributed by atoms with Gasteiger partial charge in [0.15, 0.2) is 6.61 Å². The lowest BCUT2D eigenvalue weighted by Crippen LogP contribution is -2.49. The Bertz CT molecular complexity index is 1250. The molecule has 1 fully saturated rings. The van der Waals surface area contributed by atoms with E-state index in [4.69, 9.17) is 4.74 Å². The van der Waals surface area contributed by atoms with Crippen LogP contribution >= 0.6 is 11.3 Å². The van der Waals surface area contributed by atoms with E-state index in [0.717, 1.165) is 34.0 Å². The molecular weight excluding hydrogens is 434 g/mol. The van der Waals surface area contributed by atoms with Crippen LogP contribution in [0, 0.1) is 0 Å². The van der Waals surface area contributed by atoms with E-state index < -0.39 is 5.97 Å². The van der Waals surface area contributed by atoms with Gasteiger partial charge in [0, 0.05) is 37.4 Å². The SMILES string of the molecule is O=C(OCC(=O)N1CCN(c2ccccc2)CC1)c1ccccc1-c1nc2ccccc2s1. The summed E-state index contributed by atoms with van der Waals surface area (Å²) in [6.45, 7) is 2.45. The summed E-state index contributed by atoms with van der Waals surface area (Å²) in [6.07, 6.45) is 0. The van der Waals surface area contributed by atoms with E-state index in [0.29, 0.717) is 24.2 Å². The van der Waals surface area contributed by atoms with Gasteiger partial charge in [-0.25, -0.2) is 9.78 Å². The molecule has 4 aromatic rings. The van der Waals surface area contributed by atoms with Crippen molar-refractivity contribution >= 4 is 39.1 Å². The van der Waals surface area contributed by atoms with E-state index in [9.17, 15) is 9.59 Å². The van der Waals surface area contributed by atoms with Crippen LogP contribution in [0.4, 0.5) is 5.69 Å². The number of nitrogens with zero attached hydrogens (tertiary/aromatic N) is 3. The quantitative estimate of drug-likeness (QED) is 0.414. The molecule has 6 nitrogen and oxygen atoms in total. The number of esters is 1. The Labute approximate surface area is 196 Å². The Hall–Kier alpha value is -3.71. The van der Waals surface area contributed by atoms with Crippen molar-refractivity contribution in [2.24, 2.45) is 0 Å². The summed E-state index contributed by atoms with van der Waals surface area (Å²) in [4.78, 5) is 34.2. The molecule has 0 atom stereocenters. The smallest absolute Gasteiger partial charge is 0.339 e. The van der Waals surface area contributed by atoms with Crippen LogP contribution in [0.5, 0.6) is 0 Å². The zero-order valence-corrected chi connectivity index (χ0v) is 18.8. The number of carbonyl (C=O) groups excluding carboxylic acids is 2. The molecular formula is C26H23N3O3S. The first-order valence-corrected chi connectivity index (χ1v) is 11.7. The molecule has 0 spiro atoms. The number of para-hydroxylation sites is 2. The topological polar surface area (TPSA) is 62.7 Å². The fourth-order valence-electron chi connectivity index (χ4n) is 3.98. The van der Waals surface area contributed by atoms with E-state index in [1.165, 1.54) is 11.3 Å². The average molecular weight is 458 g/mol. The van der Waals surface area contributed by atoms with Crippen LogP contribution in [0.2, 0.25) is 0 Å². The van der Waals surface area contributed by atoms with E-state index in [-0.39, 0.29) is 12.5 Å². The fraction of sp³-hybridized carbons (Fsp3) is 0.192. The number of benzene rings is 3. The van der Waals surface area contributed by atoms with Crippen molar-refractivity contribution in [3.05, 3.63) is 84.4 Å². The second kappa shape index (κ2) is 9.42. The minimum absolute atomic E-state index is 0.173. The zero-order valence-electron chi connectivity index (χ0n) is 18.0. The summed E-state index contributed by atoms with van der Waals surface area (Å²) >= 11 is 1.53. The van der Waals surface area contributed by atoms with Gasteiger partial charge >= 0.3 is 5.97 Å². The monoisotopic (exact) mass is 457 g/mol. The van der Waals surface area contributed by atoms with E-state index in [1.54, 1.807) is 17.0 Å². The lowest BCUT2D eigenvalue weighted by Gasteiger charge is -2.36. The van der Waals surface area contributed by atoms with Gasteiger partial charge in [0.25, 0.3) is 5.91 Å². The number of hydrogen-bond acceptors (Lipinski definition) is 6. The van der Waals surface area contributed by atoms with Gasteiger partial charge in [-0.3, -0.25) is 4.79 Å². The van der Waals surface area contributed by atoms with Gasteiger partial charge in [-0.1, -0.05) is 48.5 Å². The number of ether oxygens (including phenoxy) is 1. The molecule has 1 aromatic heterocycles. The largest absolute Gasteiger partial charge is 0.452 e. The second-order valence-electron chi connectivity index (χ2n) is 7.81. The summed E-state index contributed by atoms with van der Waals surface area (Å²) in [5.74, 6) is -0.686. The molecule has 2 heterocycles. The number of thiazole rings is 1. The summed E-state index contributed by atoms with van der Waals surface area (Å²) in [7, 11) is 0. The van der Waals surface area contributed by atoms with Crippen molar-refractivity contribution in [3.8, 4) is 10.6 Å². The van der Waals surface area contributed by atoms with Gasteiger partial charge in [-0.2, -0.15) is 0 Å². The Kier molecular flexibility index (Phi) is 6.04. The molecule has 7 heteroatoms. The third-order valence-electron chi connectivity index (χ3n) is 5.75. The van der Waals surface area contributed by atoms with Crippen LogP contribution in [0.25, 0.3) is 20.8 Å². The maximum absolute atomic E-state index is 12.9. The van der Waals surface area contributed by atoms with Crippen LogP contribution in [0.1, 0.15) is 10.4 Å². The van der Waals surface area contributed by atoms with Gasteiger partial charge in [-0.15, -0.1) is 11.3 Å². The molecule has 0 aliphatic carbocycles. The lowest BCUT2D eigenvalue weighted by molar-refractivity contribution is -0.134. The molecule has 0 radical (unpaired) electrons. The Balaban J connectivity index is 1.22. The first kappa shape index (κ1) is 21.2. The highest BCUT2D eigenvalue weighted by Gasteiger charge is 2.23. The van der Waals surface area contributed by atoms with Crippen molar-refractivity contribution in [2.45, 2.75) is 0 Å². The molecule has 1 saturated heterocycles. The molecule has 0 unspecified atom stereocenters. The molecule has 5 rings (SSSR count). The van der Waals surface area contributed by atoms with Crippen molar-refractivity contribution in [3.63, 3.8) is 0 Å². The predicted octanol–water partition coefficient (Wildman–Crippen LogP) is 4.47. The number of hydrogen-bond donors (Lipinski definition) is 0. The molecule has 3 aromatic carbocycles. The van der Waals surface area contributed by atoms with Crippen molar-refractivity contribution in [1.29, 1.82) is 0 Å². The summed E-state index contributed by atoms with van der Waals surface area (Å²) in [6, 6.07) is 25.3. The van der Waals surface area contributed by atoms with E-state index >= 15 is 0 Å². The van der Waals surface area contributed by atoms with Crippen LogP contribution in [0.15, 0.2) is 78.9 Å². The maximum Gasteiger partial charge on any atom is 0.339 e. The fourth-order valence-corrected chi connectivity index (χ4v) is 4.99. The van der Waals surface area contributed by atoms with Crippen molar-refractivity contribution in [2.75, 3.05) is 37.7 Å². The van der Waals surface area contributed by atoms with Crippen molar-refractivity contribution < 1.29 is 14.3 Å². The minimum atomic E-state index is -0.513. The van der Waals surface area contributed by atoms with Gasteiger partial charge < -0.3 is 14.5 Å². The van der Waals surface area contributed by atoms with E-state index in [1.807, 2.05) is 54.6 Å². The highest BCUT2D eigenvalue weighted by Crippen LogP contribution is 2.32. The van der Waals surface area contributed by atoms with Crippen LogP contribution < -0.4 is 4.90 Å².